The smallest absolute Gasteiger partial charge is 0.268 e. The number of para-hydroxylation sites is 2. The SMILES string of the molecule is O=C(Nc1nc2ccccc2n1[C@H]1C[C@@]2(CCNC2)C1)c1ccc(-c2ccnnc2)s1. The van der Waals surface area contributed by atoms with Gasteiger partial charge in [0.1, 0.15) is 0 Å². The monoisotopic (exact) mass is 430 g/mol. The highest BCUT2D eigenvalue weighted by Gasteiger charge is 2.47. The zero-order valence-corrected chi connectivity index (χ0v) is 17.7. The lowest BCUT2D eigenvalue weighted by molar-refractivity contribution is 0.0874. The maximum atomic E-state index is 13.1. The molecule has 1 aliphatic heterocycles. The molecule has 0 unspecified atom stereocenters. The van der Waals surface area contributed by atoms with Gasteiger partial charge in [0, 0.05) is 23.0 Å². The van der Waals surface area contributed by atoms with Crippen LogP contribution >= 0.6 is 11.3 Å². The minimum Gasteiger partial charge on any atom is -0.316 e. The largest absolute Gasteiger partial charge is 0.316 e. The van der Waals surface area contributed by atoms with Crippen molar-refractivity contribution in [3.8, 4) is 10.4 Å². The van der Waals surface area contributed by atoms with Gasteiger partial charge in [-0.05, 0) is 61.6 Å². The molecule has 4 aromatic rings. The molecule has 1 aromatic carbocycles. The van der Waals surface area contributed by atoms with Crippen LogP contribution in [0.15, 0.2) is 54.9 Å². The number of anilines is 1. The second-order valence-electron chi connectivity index (χ2n) is 8.53. The molecule has 0 atom stereocenters. The lowest BCUT2D eigenvalue weighted by Gasteiger charge is -2.46. The molecule has 156 valence electrons. The Hall–Kier alpha value is -3.10. The van der Waals surface area contributed by atoms with Crippen molar-refractivity contribution in [1.82, 2.24) is 25.1 Å². The number of aromatic nitrogens is 4. The fourth-order valence-electron chi connectivity index (χ4n) is 4.98. The van der Waals surface area contributed by atoms with Crippen molar-refractivity contribution in [3.63, 3.8) is 0 Å². The number of thiophene rings is 1. The van der Waals surface area contributed by atoms with Gasteiger partial charge in [0.2, 0.25) is 5.95 Å². The van der Waals surface area contributed by atoms with Gasteiger partial charge in [-0.3, -0.25) is 10.1 Å². The fraction of sp³-hybridized carbons (Fsp3) is 0.304. The Balaban J connectivity index is 1.29. The molecule has 0 bridgehead atoms. The van der Waals surface area contributed by atoms with E-state index >= 15 is 0 Å². The van der Waals surface area contributed by atoms with Crippen molar-refractivity contribution in [3.05, 3.63) is 59.7 Å². The molecule has 7 nitrogen and oxygen atoms in total. The lowest BCUT2D eigenvalue weighted by Crippen LogP contribution is -2.40. The van der Waals surface area contributed by atoms with Crippen LogP contribution in [0.4, 0.5) is 5.95 Å². The van der Waals surface area contributed by atoms with E-state index < -0.39 is 0 Å². The number of amides is 1. The van der Waals surface area contributed by atoms with E-state index in [4.69, 9.17) is 4.98 Å². The van der Waals surface area contributed by atoms with E-state index in [0.717, 1.165) is 47.4 Å². The molecule has 2 aliphatic rings. The fourth-order valence-corrected chi connectivity index (χ4v) is 5.87. The lowest BCUT2D eigenvalue weighted by atomic mass is 9.65. The van der Waals surface area contributed by atoms with Crippen LogP contribution in [-0.2, 0) is 0 Å². The molecule has 31 heavy (non-hydrogen) atoms. The maximum Gasteiger partial charge on any atom is 0.268 e. The summed E-state index contributed by atoms with van der Waals surface area (Å²) < 4.78 is 2.23. The number of fused-ring (bicyclic) bond motifs is 1. The van der Waals surface area contributed by atoms with Gasteiger partial charge in [0.15, 0.2) is 0 Å². The summed E-state index contributed by atoms with van der Waals surface area (Å²) in [4.78, 5) is 19.5. The number of nitrogens with zero attached hydrogens (tertiary/aromatic N) is 4. The summed E-state index contributed by atoms with van der Waals surface area (Å²) in [6, 6.07) is 14.2. The van der Waals surface area contributed by atoms with Crippen LogP contribution < -0.4 is 10.6 Å². The van der Waals surface area contributed by atoms with Crippen LogP contribution in [0.2, 0.25) is 0 Å². The maximum absolute atomic E-state index is 13.1. The molecule has 3 aromatic heterocycles. The van der Waals surface area contributed by atoms with Crippen molar-refractivity contribution >= 4 is 34.2 Å². The predicted molar refractivity (Wildman–Crippen MR) is 121 cm³/mol. The van der Waals surface area contributed by atoms with Crippen molar-refractivity contribution in [2.24, 2.45) is 5.41 Å². The van der Waals surface area contributed by atoms with Crippen LogP contribution in [0.3, 0.4) is 0 Å². The van der Waals surface area contributed by atoms with Gasteiger partial charge >= 0.3 is 0 Å². The quantitative estimate of drug-likeness (QED) is 0.509. The molecule has 6 rings (SSSR count). The van der Waals surface area contributed by atoms with Crippen LogP contribution in [0.5, 0.6) is 0 Å². The molecular formula is C23H22N6OS. The molecule has 4 heterocycles. The average Bonchev–Trinajstić information content (AvgIpc) is 3.51. The Kier molecular flexibility index (Phi) is 4.36. The minimum atomic E-state index is -0.133. The molecular weight excluding hydrogens is 408 g/mol. The normalized spacial score (nSPS) is 22.6. The number of hydrogen-bond donors (Lipinski definition) is 2. The van der Waals surface area contributed by atoms with Crippen LogP contribution in [0, 0.1) is 5.41 Å². The van der Waals surface area contributed by atoms with Gasteiger partial charge in [-0.1, -0.05) is 12.1 Å². The van der Waals surface area contributed by atoms with Gasteiger partial charge in [0.05, 0.1) is 28.3 Å². The summed E-state index contributed by atoms with van der Waals surface area (Å²) in [6.45, 7) is 2.20. The van der Waals surface area contributed by atoms with Crippen LogP contribution in [0.25, 0.3) is 21.5 Å². The summed E-state index contributed by atoms with van der Waals surface area (Å²) in [5.74, 6) is 0.504. The number of rotatable bonds is 4. The molecule has 1 spiro atoms. The molecule has 1 amide bonds. The van der Waals surface area contributed by atoms with Crippen LogP contribution in [-0.4, -0.2) is 38.7 Å². The van der Waals surface area contributed by atoms with Crippen molar-refractivity contribution in [2.45, 2.75) is 25.3 Å². The molecule has 1 saturated carbocycles. The number of carbonyl (C=O) groups excluding carboxylic acids is 1. The number of carbonyl (C=O) groups is 1. The number of imidazole rings is 1. The molecule has 0 radical (unpaired) electrons. The number of hydrogen-bond acceptors (Lipinski definition) is 6. The zero-order valence-electron chi connectivity index (χ0n) is 16.9. The van der Waals surface area contributed by atoms with Gasteiger partial charge in [-0.2, -0.15) is 10.2 Å². The van der Waals surface area contributed by atoms with Gasteiger partial charge in [0.25, 0.3) is 5.91 Å². The molecule has 1 saturated heterocycles. The number of benzene rings is 1. The van der Waals surface area contributed by atoms with Gasteiger partial charge in [-0.15, -0.1) is 11.3 Å². The Morgan fingerprint density at radius 2 is 2.06 bits per heavy atom. The molecule has 2 N–H and O–H groups in total. The van der Waals surface area contributed by atoms with E-state index in [-0.39, 0.29) is 5.91 Å². The van der Waals surface area contributed by atoms with Crippen LogP contribution in [0.1, 0.15) is 35.0 Å². The van der Waals surface area contributed by atoms with Gasteiger partial charge in [-0.25, -0.2) is 4.98 Å². The highest BCUT2D eigenvalue weighted by Crippen LogP contribution is 2.53. The Labute approximate surface area is 183 Å². The third-order valence-corrected chi connectivity index (χ3v) is 7.69. The van der Waals surface area contributed by atoms with E-state index in [9.17, 15) is 4.79 Å². The Morgan fingerprint density at radius 3 is 2.87 bits per heavy atom. The topological polar surface area (TPSA) is 84.7 Å². The first-order valence-electron chi connectivity index (χ1n) is 10.6. The highest BCUT2D eigenvalue weighted by atomic mass is 32.1. The second-order valence-corrected chi connectivity index (χ2v) is 9.62. The predicted octanol–water partition coefficient (Wildman–Crippen LogP) is 4.12. The minimum absolute atomic E-state index is 0.133. The van der Waals surface area contributed by atoms with E-state index in [0.29, 0.717) is 22.3 Å². The van der Waals surface area contributed by atoms with E-state index in [1.165, 1.54) is 17.8 Å². The third kappa shape index (κ3) is 3.23. The summed E-state index contributed by atoms with van der Waals surface area (Å²) in [7, 11) is 0. The summed E-state index contributed by atoms with van der Waals surface area (Å²) in [6.07, 6.45) is 6.85. The zero-order chi connectivity index (χ0) is 20.8. The summed E-state index contributed by atoms with van der Waals surface area (Å²) in [5.41, 5.74) is 3.37. The average molecular weight is 431 g/mol. The van der Waals surface area contributed by atoms with Crippen molar-refractivity contribution in [2.75, 3.05) is 18.4 Å². The Morgan fingerprint density at radius 1 is 1.16 bits per heavy atom. The molecule has 1 aliphatic carbocycles. The highest BCUT2D eigenvalue weighted by molar-refractivity contribution is 7.17. The van der Waals surface area contributed by atoms with Crippen molar-refractivity contribution < 1.29 is 4.79 Å². The molecule has 8 heteroatoms. The van der Waals surface area contributed by atoms with E-state index in [1.807, 2.05) is 36.4 Å². The van der Waals surface area contributed by atoms with Crippen molar-refractivity contribution in [1.29, 1.82) is 0 Å². The first-order chi connectivity index (χ1) is 15.2. The first-order valence-corrected chi connectivity index (χ1v) is 11.4. The third-order valence-electron chi connectivity index (χ3n) is 6.55. The van der Waals surface area contributed by atoms with E-state index in [1.54, 1.807) is 12.4 Å². The summed E-state index contributed by atoms with van der Waals surface area (Å²) >= 11 is 1.44. The van der Waals surface area contributed by atoms with E-state index in [2.05, 4.69) is 31.5 Å². The molecule has 2 fully saturated rings. The number of nitrogens with one attached hydrogen (secondary N) is 2. The second kappa shape index (κ2) is 7.25. The Bertz CT molecular complexity index is 1250. The summed E-state index contributed by atoms with van der Waals surface area (Å²) in [5, 5.41) is 14.3. The first kappa shape index (κ1) is 18.7. The standard InChI is InChI=1S/C23H22N6OS/c30-21(20-6-5-19(31-20)15-7-9-25-26-13-15)28-22-27-17-3-1-2-4-18(17)29(22)16-11-23(12-16)8-10-24-14-23/h1-7,9,13,16,24H,8,10-12,14H2,(H,27,28,30)/t16-,23-. The van der Waals surface area contributed by atoms with Gasteiger partial charge < -0.3 is 9.88 Å².